The Labute approximate surface area is 413 Å². The van der Waals surface area contributed by atoms with Crippen molar-refractivity contribution in [3.63, 3.8) is 0 Å². The van der Waals surface area contributed by atoms with Gasteiger partial charge >= 0.3 is 0 Å². The molecule has 0 fully saturated rings. The topological polar surface area (TPSA) is 145 Å². The van der Waals surface area contributed by atoms with Crippen LogP contribution in [0.25, 0.3) is 0 Å². The molecular weight excluding hydrogens is 857 g/mol. The van der Waals surface area contributed by atoms with Gasteiger partial charge in [-0.1, -0.05) is 171 Å². The molecule has 0 bridgehead atoms. The van der Waals surface area contributed by atoms with E-state index < -0.39 is 5.41 Å². The van der Waals surface area contributed by atoms with Crippen molar-refractivity contribution < 1.29 is 28.4 Å². The van der Waals surface area contributed by atoms with Crippen LogP contribution in [0.2, 0.25) is 0 Å². The first-order valence-corrected chi connectivity index (χ1v) is 25.1. The first kappa shape index (κ1) is 63.7. The molecule has 0 saturated carbocycles. The highest BCUT2D eigenvalue weighted by molar-refractivity contribution is 7.08. The molecule has 3 heterocycles. The van der Waals surface area contributed by atoms with Gasteiger partial charge < -0.3 is 9.26 Å². The molecule has 3 aromatic rings. The Bertz CT molecular complexity index is 1820. The fourth-order valence-electron chi connectivity index (χ4n) is 6.33. The highest BCUT2D eigenvalue weighted by Crippen LogP contribution is 2.30. The lowest BCUT2D eigenvalue weighted by atomic mass is 9.84. The van der Waals surface area contributed by atoms with E-state index in [1.807, 2.05) is 116 Å². The fraction of sp³-hybridized carbons (Fsp3) is 0.768. The average molecular weight is 955 g/mol. The third kappa shape index (κ3) is 28.1. The zero-order chi connectivity index (χ0) is 53.2. The maximum absolute atomic E-state index is 12.5. The van der Waals surface area contributed by atoms with Gasteiger partial charge in [0.1, 0.15) is 11.8 Å². The molecule has 3 aromatic heterocycles. The van der Waals surface area contributed by atoms with E-state index >= 15 is 0 Å². The van der Waals surface area contributed by atoms with Crippen molar-refractivity contribution in [1.82, 2.24) is 19.7 Å². The zero-order valence-corrected chi connectivity index (χ0v) is 48.6. The highest BCUT2D eigenvalue weighted by Gasteiger charge is 2.33. The number of carbonyl (C=O) groups excluding carboxylic acids is 4. The second-order valence-electron chi connectivity index (χ2n) is 28.4. The van der Waals surface area contributed by atoms with Crippen molar-refractivity contribution in [1.29, 1.82) is 0 Å². The molecule has 0 aromatic carbocycles. The number of nitrogens with zero attached hydrogens (tertiary/aromatic N) is 3. The summed E-state index contributed by atoms with van der Waals surface area (Å²) in [5.41, 5.74) is 2.64. The predicted molar refractivity (Wildman–Crippen MR) is 280 cm³/mol. The van der Waals surface area contributed by atoms with E-state index in [1.165, 1.54) is 11.5 Å². The monoisotopic (exact) mass is 955 g/mol. The van der Waals surface area contributed by atoms with Crippen LogP contribution in [-0.2, 0) is 28.8 Å². The molecular formula is C56H98N4O6S. The minimum Gasteiger partial charge on any atom is -0.365 e. The van der Waals surface area contributed by atoms with Gasteiger partial charge in [-0.25, -0.2) is 0 Å². The number of hydrogen-bond acceptors (Lipinski definition) is 10. The van der Waals surface area contributed by atoms with Crippen LogP contribution >= 0.6 is 11.5 Å². The van der Waals surface area contributed by atoms with Crippen LogP contribution < -0.4 is 0 Å². The van der Waals surface area contributed by atoms with Gasteiger partial charge in [-0.05, 0) is 105 Å². The van der Waals surface area contributed by atoms with Crippen LogP contribution in [0, 0.1) is 43.3 Å². The standard InChI is InChI=1S/C17H34O2.C13H22N2O.C13H21NO2.C13H21NOS/c1-15(2,3)12-10-11-13(19-17(7,8)9)14(18)16(4,5)6;1-12(2,3)8-9-7-10(15-14-9)11(16)13(4,5)6;2*1-12(2,3)8-9-7-10(16-14-9)11(15)13(4,5)6/h13H,10-12H2,1-9H3;7H,8H2,1-6H3,(H,14,15);2*7H,8H2,1-6H3. The molecule has 1 atom stereocenters. The smallest absolute Gasteiger partial charge is 0.206 e. The van der Waals surface area contributed by atoms with Crippen LogP contribution in [0.3, 0.4) is 0 Å². The van der Waals surface area contributed by atoms with Crippen LogP contribution in [0.4, 0.5) is 0 Å². The Morgan fingerprint density at radius 1 is 0.567 bits per heavy atom. The molecule has 0 radical (unpaired) electrons. The molecule has 0 amide bonds. The molecule has 67 heavy (non-hydrogen) atoms. The van der Waals surface area contributed by atoms with Gasteiger partial charge in [0.25, 0.3) is 0 Å². The van der Waals surface area contributed by atoms with Gasteiger partial charge in [-0.3, -0.25) is 24.3 Å². The van der Waals surface area contributed by atoms with Crippen molar-refractivity contribution in [3.05, 3.63) is 51.6 Å². The molecule has 0 aliphatic rings. The quantitative estimate of drug-likeness (QED) is 0.186. The Kier molecular flexibility index (Phi) is 22.8. The number of aromatic nitrogens is 4. The molecule has 1 N–H and O–H groups in total. The number of ketones is 4. The van der Waals surface area contributed by atoms with Gasteiger partial charge in [-0.15, -0.1) is 0 Å². The van der Waals surface area contributed by atoms with E-state index in [1.54, 1.807) is 6.07 Å². The Hall–Kier alpha value is -3.31. The maximum Gasteiger partial charge on any atom is 0.206 e. The van der Waals surface area contributed by atoms with Gasteiger partial charge in [0, 0.05) is 33.4 Å². The van der Waals surface area contributed by atoms with E-state index in [-0.39, 0.29) is 67.3 Å². The molecule has 1 unspecified atom stereocenters. The molecule has 384 valence electrons. The maximum atomic E-state index is 12.5. The third-order valence-electron chi connectivity index (χ3n) is 9.54. The van der Waals surface area contributed by atoms with E-state index in [2.05, 4.69) is 103 Å². The highest BCUT2D eigenvalue weighted by atomic mass is 32.1. The lowest BCUT2D eigenvalue weighted by Gasteiger charge is -2.31. The predicted octanol–water partition coefficient (Wildman–Crippen LogP) is 15.7. The van der Waals surface area contributed by atoms with Crippen molar-refractivity contribution in [2.45, 2.75) is 237 Å². The fourth-order valence-corrected chi connectivity index (χ4v) is 7.24. The minimum absolute atomic E-state index is 0.000147. The molecule has 0 aliphatic carbocycles. The van der Waals surface area contributed by atoms with E-state index in [4.69, 9.17) is 9.26 Å². The van der Waals surface area contributed by atoms with Crippen molar-refractivity contribution >= 4 is 34.7 Å². The van der Waals surface area contributed by atoms with Gasteiger partial charge in [0.2, 0.25) is 11.5 Å². The molecule has 0 saturated heterocycles. The van der Waals surface area contributed by atoms with Crippen LogP contribution in [0.15, 0.2) is 22.7 Å². The van der Waals surface area contributed by atoms with Gasteiger partial charge in [0.05, 0.1) is 21.9 Å². The van der Waals surface area contributed by atoms with E-state index in [0.29, 0.717) is 16.9 Å². The molecule has 11 heteroatoms. The van der Waals surface area contributed by atoms with Crippen molar-refractivity contribution in [2.24, 2.45) is 43.3 Å². The number of aromatic amines is 1. The first-order chi connectivity index (χ1) is 29.5. The summed E-state index contributed by atoms with van der Waals surface area (Å²) in [7, 11) is 0. The summed E-state index contributed by atoms with van der Waals surface area (Å²) in [5, 5.41) is 11.0. The zero-order valence-electron chi connectivity index (χ0n) is 47.8. The summed E-state index contributed by atoms with van der Waals surface area (Å²) in [6.45, 7) is 55.3. The summed E-state index contributed by atoms with van der Waals surface area (Å²) < 4.78 is 15.4. The number of carbonyl (C=O) groups is 4. The lowest BCUT2D eigenvalue weighted by Crippen LogP contribution is -2.39. The summed E-state index contributed by atoms with van der Waals surface area (Å²) >= 11 is 1.33. The van der Waals surface area contributed by atoms with Gasteiger partial charge in [0.15, 0.2) is 17.3 Å². The van der Waals surface area contributed by atoms with Crippen molar-refractivity contribution in [2.75, 3.05) is 0 Å². The number of nitrogens with one attached hydrogen (secondary N) is 1. The number of H-pyrrole nitrogens is 1. The average Bonchev–Trinajstić information content (AvgIpc) is 3.84. The number of ether oxygens (including phenoxy) is 1. The normalized spacial score (nSPS) is 13.6. The van der Waals surface area contributed by atoms with E-state index in [9.17, 15) is 19.2 Å². The lowest BCUT2D eigenvalue weighted by molar-refractivity contribution is -0.148. The summed E-state index contributed by atoms with van der Waals surface area (Å²) in [4.78, 5) is 49.1. The largest absolute Gasteiger partial charge is 0.365 e. The number of Topliss-reactive ketones (excluding diaryl/α,β-unsaturated/α-hetero) is 4. The summed E-state index contributed by atoms with van der Waals surface area (Å²) in [6, 6.07) is 5.58. The first-order valence-electron chi connectivity index (χ1n) is 24.3. The summed E-state index contributed by atoms with van der Waals surface area (Å²) in [5.74, 6) is 0.859. The Morgan fingerprint density at radius 3 is 1.43 bits per heavy atom. The van der Waals surface area contributed by atoms with Crippen LogP contribution in [0.1, 0.15) is 254 Å². The van der Waals surface area contributed by atoms with E-state index in [0.717, 1.165) is 60.5 Å². The van der Waals surface area contributed by atoms with Crippen LogP contribution in [0.5, 0.6) is 0 Å². The number of rotatable bonds is 11. The summed E-state index contributed by atoms with van der Waals surface area (Å²) in [6.07, 6.45) is 5.33. The third-order valence-corrected chi connectivity index (χ3v) is 10.4. The van der Waals surface area contributed by atoms with Crippen molar-refractivity contribution in [3.8, 4) is 0 Å². The number of hydrogen-bond donors (Lipinski definition) is 1. The molecule has 0 spiro atoms. The molecule has 10 nitrogen and oxygen atoms in total. The molecule has 0 aliphatic heterocycles. The van der Waals surface area contributed by atoms with Gasteiger partial charge in [-0.2, -0.15) is 9.47 Å². The molecule has 3 rings (SSSR count). The Balaban J connectivity index is 0.000000869. The second kappa shape index (κ2) is 24.0. The Morgan fingerprint density at radius 2 is 1.03 bits per heavy atom. The SMILES string of the molecule is CC(C)(C)CCCC(OC(C)(C)C)C(=O)C(C)(C)C.CC(C)(C)Cc1cc(C(=O)C(C)(C)C)n[nH]1.CC(C)(C)Cc1cc(C(=O)C(C)(C)C)on1.CC(C)(C)Cc1cc(C(=O)C(C)(C)C)sn1. The minimum atomic E-state index is -0.418. The second-order valence-corrected chi connectivity index (χ2v) is 29.2. The van der Waals surface area contributed by atoms with Crippen LogP contribution in [-0.4, -0.2) is 54.6 Å².